The minimum absolute atomic E-state index is 0.414. The lowest BCUT2D eigenvalue weighted by molar-refractivity contribution is 0.100. The smallest absolute Gasteiger partial charge is 0.311 e. The van der Waals surface area contributed by atoms with Crippen molar-refractivity contribution in [3.8, 4) is 28.3 Å². The first-order chi connectivity index (χ1) is 16.1. The number of nitrogens with zero attached hydrogens (tertiary/aromatic N) is 1. The van der Waals surface area contributed by atoms with Gasteiger partial charge in [0.2, 0.25) is 5.91 Å². The Balaban J connectivity index is 1.38. The Morgan fingerprint density at radius 2 is 1.36 bits per heavy atom. The zero-order valence-electron chi connectivity index (χ0n) is 18.8. The molecule has 3 nitrogen and oxygen atoms in total. The molecule has 0 aliphatic rings. The van der Waals surface area contributed by atoms with Crippen LogP contribution in [0.2, 0.25) is 0 Å². The summed E-state index contributed by atoms with van der Waals surface area (Å²) in [6.45, 7) is 2.84. The van der Waals surface area contributed by atoms with Crippen LogP contribution in [-0.4, -0.2) is 12.5 Å². The molecule has 3 heteroatoms. The molecular weight excluding hydrogens is 404 g/mol. The van der Waals surface area contributed by atoms with Crippen molar-refractivity contribution in [1.29, 1.82) is 0 Å². The first-order valence-electron chi connectivity index (χ1n) is 11.2. The molecular formula is C30H27N2O+. The van der Waals surface area contributed by atoms with Gasteiger partial charge in [0.25, 0.3) is 6.54 Å². The van der Waals surface area contributed by atoms with Gasteiger partial charge < -0.3 is 5.73 Å². The van der Waals surface area contributed by atoms with E-state index in [1.54, 1.807) is 6.07 Å². The normalized spacial score (nSPS) is 10.3. The van der Waals surface area contributed by atoms with Gasteiger partial charge in [-0.1, -0.05) is 84.6 Å². The summed E-state index contributed by atoms with van der Waals surface area (Å²) in [5.41, 5.74) is 13.9. The monoisotopic (exact) mass is 431 g/mol. The van der Waals surface area contributed by atoms with E-state index in [0.717, 1.165) is 29.5 Å². The van der Waals surface area contributed by atoms with E-state index < -0.39 is 5.91 Å². The zero-order valence-corrected chi connectivity index (χ0v) is 18.8. The van der Waals surface area contributed by atoms with Gasteiger partial charge in [0.1, 0.15) is 5.56 Å². The number of carbonyl (C=O) groups is 1. The summed E-state index contributed by atoms with van der Waals surface area (Å²) in [6.07, 6.45) is 1.89. The molecule has 0 bridgehead atoms. The van der Waals surface area contributed by atoms with E-state index in [9.17, 15) is 4.79 Å². The largest absolute Gasteiger partial charge is 0.366 e. The number of rotatable bonds is 6. The Morgan fingerprint density at radius 1 is 0.758 bits per heavy atom. The fourth-order valence-corrected chi connectivity index (χ4v) is 3.75. The van der Waals surface area contributed by atoms with E-state index in [0.29, 0.717) is 12.1 Å². The molecule has 0 radical (unpaired) electrons. The first-order valence-corrected chi connectivity index (χ1v) is 11.2. The number of benzene rings is 4. The maximum atomic E-state index is 11.4. The Bertz CT molecular complexity index is 1310. The van der Waals surface area contributed by atoms with Crippen molar-refractivity contribution in [2.24, 2.45) is 5.73 Å². The minimum Gasteiger partial charge on any atom is -0.366 e. The van der Waals surface area contributed by atoms with Gasteiger partial charge in [-0.2, -0.15) is 0 Å². The van der Waals surface area contributed by atoms with E-state index in [4.69, 9.17) is 5.73 Å². The third-order valence-corrected chi connectivity index (χ3v) is 5.71. The number of hydrogen-bond acceptors (Lipinski definition) is 1. The predicted molar refractivity (Wildman–Crippen MR) is 137 cm³/mol. The quantitative estimate of drug-likeness (QED) is 0.367. The molecule has 0 aliphatic heterocycles. The minimum atomic E-state index is -0.414. The van der Waals surface area contributed by atoms with Crippen LogP contribution >= 0.6 is 0 Å². The van der Waals surface area contributed by atoms with E-state index in [-0.39, 0.29) is 0 Å². The summed E-state index contributed by atoms with van der Waals surface area (Å²) in [5.74, 6) is -0.414. The Hall–Kier alpha value is -4.16. The summed E-state index contributed by atoms with van der Waals surface area (Å²) >= 11 is 0. The van der Waals surface area contributed by atoms with Crippen LogP contribution in [0.1, 0.15) is 34.0 Å². The van der Waals surface area contributed by atoms with Gasteiger partial charge in [-0.3, -0.25) is 4.79 Å². The topological polar surface area (TPSA) is 47.5 Å². The van der Waals surface area contributed by atoms with Crippen LogP contribution in [0.15, 0.2) is 97.1 Å². The molecule has 0 saturated heterocycles. The molecule has 162 valence electrons. The highest BCUT2D eigenvalue weighted by Crippen LogP contribution is 2.22. The molecule has 1 amide bonds. The van der Waals surface area contributed by atoms with Crippen LogP contribution in [0.4, 0.5) is 0 Å². The third kappa shape index (κ3) is 5.75. The van der Waals surface area contributed by atoms with Crippen molar-refractivity contribution in [1.82, 2.24) is 0 Å². The number of primary amides is 1. The van der Waals surface area contributed by atoms with E-state index in [2.05, 4.69) is 78.5 Å². The van der Waals surface area contributed by atoms with Gasteiger partial charge in [0.05, 0.1) is 0 Å². The summed E-state index contributed by atoms with van der Waals surface area (Å²) in [7, 11) is 0. The average Bonchev–Trinajstić information content (AvgIpc) is 2.87. The standard InChI is InChI=1S/C30H26N2O/c1-2-22-9-13-25(14-10-22)27-6-3-5-24(19-27)21-32-18-17-23-11-15-26(16-12-23)28-7-4-8-29(20-28)30(31)33/h3-16,19-20H,2,17-18H2,1H3,(H-,31,33)/p+1. The molecule has 4 aromatic rings. The van der Waals surface area contributed by atoms with Crippen molar-refractivity contribution in [2.75, 3.05) is 6.54 Å². The van der Waals surface area contributed by atoms with Crippen LogP contribution in [0.3, 0.4) is 0 Å². The molecule has 0 aromatic heterocycles. The van der Waals surface area contributed by atoms with Gasteiger partial charge in [-0.05, 0) is 64.1 Å². The second kappa shape index (κ2) is 10.4. The number of aryl methyl sites for hydroxylation is 1. The third-order valence-electron chi connectivity index (χ3n) is 5.71. The number of carbonyl (C=O) groups excluding carboxylic acids is 1. The Kier molecular flexibility index (Phi) is 6.97. The first kappa shape index (κ1) is 22.0. The Labute approximate surface area is 195 Å². The molecule has 0 spiro atoms. The molecule has 4 aromatic carbocycles. The lowest BCUT2D eigenvalue weighted by Crippen LogP contribution is -2.10. The van der Waals surface area contributed by atoms with Crippen LogP contribution in [0.5, 0.6) is 0 Å². The molecule has 0 unspecified atom stereocenters. The molecule has 0 saturated carbocycles. The highest BCUT2D eigenvalue weighted by Gasteiger charge is 2.05. The van der Waals surface area contributed by atoms with Crippen LogP contribution < -0.4 is 5.73 Å². The number of amides is 1. The average molecular weight is 432 g/mol. The molecule has 4 rings (SSSR count). The summed E-state index contributed by atoms with van der Waals surface area (Å²) in [6, 6.07) is 35.9. The van der Waals surface area contributed by atoms with Crippen molar-refractivity contribution < 1.29 is 4.79 Å². The molecule has 0 aliphatic carbocycles. The summed E-state index contributed by atoms with van der Waals surface area (Å²) < 4.78 is 0. The van der Waals surface area contributed by atoms with E-state index in [1.165, 1.54) is 22.3 Å². The summed E-state index contributed by atoms with van der Waals surface area (Å²) in [5, 5.41) is 0. The van der Waals surface area contributed by atoms with Crippen molar-refractivity contribution in [2.45, 2.75) is 19.8 Å². The predicted octanol–water partition coefficient (Wildman–Crippen LogP) is 6.61. The molecule has 2 N–H and O–H groups in total. The van der Waals surface area contributed by atoms with Crippen molar-refractivity contribution >= 4 is 5.91 Å². The highest BCUT2D eigenvalue weighted by molar-refractivity contribution is 5.94. The van der Waals surface area contributed by atoms with E-state index in [1.807, 2.05) is 30.3 Å². The van der Waals surface area contributed by atoms with Gasteiger partial charge in [-0.25, -0.2) is 0 Å². The van der Waals surface area contributed by atoms with E-state index >= 15 is 0 Å². The van der Waals surface area contributed by atoms with Crippen LogP contribution in [-0.2, 0) is 12.8 Å². The van der Waals surface area contributed by atoms with Gasteiger partial charge in [0, 0.05) is 12.0 Å². The maximum absolute atomic E-state index is 11.4. The zero-order chi connectivity index (χ0) is 23.0. The lowest BCUT2D eigenvalue weighted by Gasteiger charge is -2.04. The van der Waals surface area contributed by atoms with Crippen LogP contribution in [0.25, 0.3) is 27.1 Å². The van der Waals surface area contributed by atoms with Crippen LogP contribution in [0, 0.1) is 6.07 Å². The van der Waals surface area contributed by atoms with Gasteiger partial charge >= 0.3 is 6.07 Å². The fourth-order valence-electron chi connectivity index (χ4n) is 3.75. The molecule has 0 atom stereocenters. The second-order valence-electron chi connectivity index (χ2n) is 8.02. The fraction of sp³-hybridized carbons (Fsp3) is 0.133. The molecule has 0 heterocycles. The highest BCUT2D eigenvalue weighted by atomic mass is 16.1. The number of nitrogens with two attached hydrogens (primary N) is 1. The molecule has 33 heavy (non-hydrogen) atoms. The maximum Gasteiger partial charge on any atom is 0.311 e. The summed E-state index contributed by atoms with van der Waals surface area (Å²) in [4.78, 5) is 15.9. The van der Waals surface area contributed by atoms with Gasteiger partial charge in [0.15, 0.2) is 0 Å². The SMILES string of the molecule is CCc1ccc(-c2cccc(C#[N+]CCc3ccc(-c4cccc(C(N)=O)c4)cc3)c2)cc1. The molecule has 0 fully saturated rings. The van der Waals surface area contributed by atoms with Gasteiger partial charge in [-0.15, -0.1) is 0 Å². The van der Waals surface area contributed by atoms with Crippen molar-refractivity contribution in [3.05, 3.63) is 124 Å². The number of hydrogen-bond donors (Lipinski definition) is 1. The Morgan fingerprint density at radius 3 is 2.00 bits per heavy atom. The second-order valence-corrected chi connectivity index (χ2v) is 8.02. The van der Waals surface area contributed by atoms with Crippen molar-refractivity contribution in [3.63, 3.8) is 0 Å². The lowest BCUT2D eigenvalue weighted by atomic mass is 10.0.